The van der Waals surface area contributed by atoms with Crippen molar-refractivity contribution in [2.75, 3.05) is 20.8 Å². The number of rotatable bonds is 8. The van der Waals surface area contributed by atoms with Crippen molar-refractivity contribution in [1.82, 2.24) is 15.0 Å². The second-order valence-corrected chi connectivity index (χ2v) is 9.01. The number of pyridine rings is 1. The first-order valence-electron chi connectivity index (χ1n) is 11.1. The lowest BCUT2D eigenvalue weighted by Gasteiger charge is -2.22. The van der Waals surface area contributed by atoms with E-state index in [1.807, 2.05) is 13.8 Å². The summed E-state index contributed by atoms with van der Waals surface area (Å²) in [5, 5.41) is 0.267. The van der Waals surface area contributed by atoms with Crippen LogP contribution in [0, 0.1) is 11.6 Å². The van der Waals surface area contributed by atoms with Crippen molar-refractivity contribution < 1.29 is 23.0 Å². The molecule has 4 aromatic rings. The van der Waals surface area contributed by atoms with Gasteiger partial charge >= 0.3 is 0 Å². The minimum absolute atomic E-state index is 0.140. The summed E-state index contributed by atoms with van der Waals surface area (Å²) in [5.74, 6) is -0.133. The molecule has 0 spiro atoms. The molecule has 0 aliphatic heterocycles. The zero-order valence-electron chi connectivity index (χ0n) is 20.3. The third-order valence-corrected chi connectivity index (χ3v) is 5.29. The first-order valence-corrected chi connectivity index (χ1v) is 11.1. The summed E-state index contributed by atoms with van der Waals surface area (Å²) < 4.78 is 44.0. The van der Waals surface area contributed by atoms with Crippen LogP contribution in [-0.2, 0) is 6.42 Å². The average molecular weight is 497 g/mol. The van der Waals surface area contributed by atoms with Crippen LogP contribution in [0.5, 0.6) is 17.2 Å². The summed E-state index contributed by atoms with van der Waals surface area (Å²) in [6.07, 6.45) is 1.80. The molecule has 4 rings (SSSR count). The Bertz CT molecular complexity index is 1440. The lowest BCUT2D eigenvalue weighted by Crippen LogP contribution is -2.38. The molecule has 0 aliphatic carbocycles. The predicted molar refractivity (Wildman–Crippen MR) is 132 cm³/mol. The van der Waals surface area contributed by atoms with Crippen LogP contribution in [0.2, 0.25) is 0 Å². The second kappa shape index (κ2) is 9.90. The van der Waals surface area contributed by atoms with Gasteiger partial charge in [0.2, 0.25) is 5.75 Å². The number of benzene rings is 2. The van der Waals surface area contributed by atoms with Gasteiger partial charge in [-0.15, -0.1) is 0 Å². The van der Waals surface area contributed by atoms with Gasteiger partial charge in [-0.3, -0.25) is 9.78 Å². The number of fused-ring (bicyclic) bond motifs is 1. The first-order chi connectivity index (χ1) is 17.1. The van der Waals surface area contributed by atoms with E-state index in [1.165, 1.54) is 26.4 Å². The number of nitrogens with one attached hydrogen (secondary N) is 1. The van der Waals surface area contributed by atoms with Crippen LogP contribution in [0.15, 0.2) is 47.4 Å². The Morgan fingerprint density at radius 1 is 1.03 bits per heavy atom. The number of hydrogen-bond acceptors (Lipinski definition) is 7. The van der Waals surface area contributed by atoms with E-state index >= 15 is 0 Å². The number of aromatic nitrogens is 3. The SMILES string of the molecule is COc1cc2c(=O)[nH]c(Cc3ccc(-c4cc(F)cc(F)c4)nc3)nc2c(OCC(C)(C)N)c1OC. The molecule has 2 aromatic heterocycles. The monoisotopic (exact) mass is 496 g/mol. The Morgan fingerprint density at radius 3 is 2.33 bits per heavy atom. The standard InChI is InChI=1S/C26H26F2N4O4/c1-26(2,29)13-36-24-22-18(11-20(34-3)23(24)35-4)25(33)32-21(31-22)7-14-5-6-19(30-12-14)15-8-16(27)10-17(28)9-15/h5-6,8-12H,7,13,29H2,1-4H3,(H,31,32,33). The Labute approximate surface area is 206 Å². The highest BCUT2D eigenvalue weighted by Crippen LogP contribution is 2.42. The minimum atomic E-state index is -0.683. The second-order valence-electron chi connectivity index (χ2n) is 9.01. The maximum Gasteiger partial charge on any atom is 0.259 e. The van der Waals surface area contributed by atoms with E-state index in [4.69, 9.17) is 19.9 Å². The number of nitrogens with two attached hydrogens (primary N) is 1. The molecule has 2 heterocycles. The molecule has 8 nitrogen and oxygen atoms in total. The summed E-state index contributed by atoms with van der Waals surface area (Å²) in [5.41, 5.74) is 6.82. The van der Waals surface area contributed by atoms with Gasteiger partial charge in [-0.25, -0.2) is 13.8 Å². The number of methoxy groups -OCH3 is 2. The van der Waals surface area contributed by atoms with Crippen molar-refractivity contribution in [3.8, 4) is 28.5 Å². The topological polar surface area (TPSA) is 112 Å². The summed E-state index contributed by atoms with van der Waals surface area (Å²) >= 11 is 0. The lowest BCUT2D eigenvalue weighted by molar-refractivity contribution is 0.232. The quantitative estimate of drug-likeness (QED) is 0.379. The number of nitrogens with zero attached hydrogens (tertiary/aromatic N) is 2. The molecule has 2 aromatic carbocycles. The Kier molecular flexibility index (Phi) is 6.89. The van der Waals surface area contributed by atoms with Crippen LogP contribution >= 0.6 is 0 Å². The van der Waals surface area contributed by atoms with Gasteiger partial charge in [0.1, 0.15) is 29.6 Å². The number of aromatic amines is 1. The summed E-state index contributed by atoms with van der Waals surface area (Å²) in [7, 11) is 2.93. The molecule has 3 N–H and O–H groups in total. The van der Waals surface area contributed by atoms with E-state index in [0.717, 1.165) is 11.6 Å². The lowest BCUT2D eigenvalue weighted by atomic mass is 10.1. The maximum atomic E-state index is 13.6. The van der Waals surface area contributed by atoms with Gasteiger partial charge in [-0.2, -0.15) is 0 Å². The number of ether oxygens (including phenoxy) is 3. The van der Waals surface area contributed by atoms with Crippen molar-refractivity contribution in [2.24, 2.45) is 5.73 Å². The van der Waals surface area contributed by atoms with Crippen LogP contribution < -0.4 is 25.5 Å². The summed E-state index contributed by atoms with van der Waals surface area (Å²) in [6.45, 7) is 3.76. The molecular weight excluding hydrogens is 470 g/mol. The molecule has 0 saturated carbocycles. The molecular formula is C26H26F2N4O4. The normalized spacial score (nSPS) is 11.5. The molecule has 0 unspecified atom stereocenters. The Hall–Kier alpha value is -4.05. The highest BCUT2D eigenvalue weighted by atomic mass is 19.1. The molecule has 0 fully saturated rings. The number of hydrogen-bond donors (Lipinski definition) is 2. The van der Waals surface area contributed by atoms with Crippen molar-refractivity contribution in [3.05, 3.63) is 76.0 Å². The van der Waals surface area contributed by atoms with Crippen LogP contribution in [0.3, 0.4) is 0 Å². The molecule has 0 aliphatic rings. The van der Waals surface area contributed by atoms with Crippen molar-refractivity contribution in [2.45, 2.75) is 25.8 Å². The van der Waals surface area contributed by atoms with Gasteiger partial charge in [-0.1, -0.05) is 6.07 Å². The van der Waals surface area contributed by atoms with Crippen molar-refractivity contribution in [1.29, 1.82) is 0 Å². The third-order valence-electron chi connectivity index (χ3n) is 5.29. The predicted octanol–water partition coefficient (Wildman–Crippen LogP) is 3.99. The van der Waals surface area contributed by atoms with E-state index < -0.39 is 17.2 Å². The van der Waals surface area contributed by atoms with Gasteiger partial charge in [0.05, 0.1) is 25.3 Å². The molecule has 0 amide bonds. The fraction of sp³-hybridized carbons (Fsp3) is 0.269. The largest absolute Gasteiger partial charge is 0.493 e. The maximum absolute atomic E-state index is 13.6. The van der Waals surface area contributed by atoms with Crippen LogP contribution in [0.4, 0.5) is 8.78 Å². The fourth-order valence-electron chi connectivity index (χ4n) is 3.67. The van der Waals surface area contributed by atoms with E-state index in [1.54, 1.807) is 24.4 Å². The van der Waals surface area contributed by atoms with Crippen molar-refractivity contribution in [3.63, 3.8) is 0 Å². The van der Waals surface area contributed by atoms with Gasteiger partial charge in [0.25, 0.3) is 5.56 Å². The smallest absolute Gasteiger partial charge is 0.259 e. The molecule has 0 bridgehead atoms. The van der Waals surface area contributed by atoms with Gasteiger partial charge in [0, 0.05) is 29.8 Å². The van der Waals surface area contributed by atoms with Crippen LogP contribution in [0.1, 0.15) is 25.2 Å². The van der Waals surface area contributed by atoms with Gasteiger partial charge in [-0.05, 0) is 43.7 Å². The third kappa shape index (κ3) is 5.44. The summed E-state index contributed by atoms with van der Waals surface area (Å²) in [6, 6.07) is 8.15. The fourth-order valence-corrected chi connectivity index (χ4v) is 3.67. The Morgan fingerprint density at radius 2 is 1.75 bits per heavy atom. The molecule has 0 saturated heterocycles. The van der Waals surface area contributed by atoms with Crippen LogP contribution in [0.25, 0.3) is 22.2 Å². The van der Waals surface area contributed by atoms with Crippen molar-refractivity contribution >= 4 is 10.9 Å². The molecule has 188 valence electrons. The van der Waals surface area contributed by atoms with E-state index in [2.05, 4.69) is 15.0 Å². The van der Waals surface area contributed by atoms with Crippen LogP contribution in [-0.4, -0.2) is 41.3 Å². The molecule has 36 heavy (non-hydrogen) atoms. The van der Waals surface area contributed by atoms with E-state index in [0.29, 0.717) is 34.1 Å². The minimum Gasteiger partial charge on any atom is -0.493 e. The highest BCUT2D eigenvalue weighted by molar-refractivity contribution is 5.89. The number of H-pyrrole nitrogens is 1. The van der Waals surface area contributed by atoms with E-state index in [9.17, 15) is 13.6 Å². The zero-order chi connectivity index (χ0) is 26.0. The Balaban J connectivity index is 1.72. The molecule has 0 radical (unpaired) electrons. The summed E-state index contributed by atoms with van der Waals surface area (Å²) in [4.78, 5) is 24.7. The first kappa shape index (κ1) is 25.1. The molecule has 0 atom stereocenters. The highest BCUT2D eigenvalue weighted by Gasteiger charge is 2.22. The molecule has 10 heteroatoms. The average Bonchev–Trinajstić information content (AvgIpc) is 2.81. The van der Waals surface area contributed by atoms with Gasteiger partial charge in [0.15, 0.2) is 11.5 Å². The van der Waals surface area contributed by atoms with E-state index in [-0.39, 0.29) is 29.7 Å². The number of halogens is 2. The zero-order valence-corrected chi connectivity index (χ0v) is 20.3. The van der Waals surface area contributed by atoms with Gasteiger partial charge < -0.3 is 24.9 Å².